The normalized spacial score (nSPS) is 11.4. The Morgan fingerprint density at radius 1 is 1.03 bits per heavy atom. The average molecular weight is 516 g/mol. The van der Waals surface area contributed by atoms with Crippen molar-refractivity contribution >= 4 is 27.6 Å². The molecule has 0 atom stereocenters. The van der Waals surface area contributed by atoms with E-state index in [-0.39, 0.29) is 5.56 Å². The Balaban J connectivity index is 1.69. The Kier molecular flexibility index (Phi) is 6.24. The van der Waals surface area contributed by atoms with Crippen molar-refractivity contribution in [2.45, 2.75) is 12.7 Å². The predicted molar refractivity (Wildman–Crippen MR) is 122 cm³/mol. The minimum absolute atomic E-state index is 0.148. The van der Waals surface area contributed by atoms with Crippen molar-refractivity contribution in [1.29, 1.82) is 0 Å². The average Bonchev–Trinajstić information content (AvgIpc) is 3.21. The molecular formula is C24H17BrF3N3O2. The number of hydrogen-bond acceptors (Lipinski definition) is 3. The second-order valence-electron chi connectivity index (χ2n) is 7.24. The lowest BCUT2D eigenvalue weighted by atomic mass is 10.1. The highest BCUT2D eigenvalue weighted by Gasteiger charge is 2.30. The van der Waals surface area contributed by atoms with E-state index in [1.165, 1.54) is 28.9 Å². The molecule has 0 unspecified atom stereocenters. The maximum absolute atomic E-state index is 12.9. The maximum Gasteiger partial charge on any atom is 0.416 e. The second-order valence-corrected chi connectivity index (χ2v) is 8.15. The molecule has 9 heteroatoms. The van der Waals surface area contributed by atoms with Crippen LogP contribution in [0.1, 0.15) is 21.5 Å². The van der Waals surface area contributed by atoms with Crippen LogP contribution in [0.5, 0.6) is 0 Å². The van der Waals surface area contributed by atoms with Crippen LogP contribution in [0.15, 0.2) is 83.5 Å². The van der Waals surface area contributed by atoms with Gasteiger partial charge in [-0.05, 0) is 54.6 Å². The molecule has 0 amide bonds. The number of rotatable bonds is 6. The SMILES string of the molecule is O=C(O)c1ccc(-c2nn(-c3ccc(C(F)(F)F)cc3)cc2CNc2cccc(Br)c2)cc1. The number of aromatic carboxylic acids is 1. The number of halogens is 4. The molecule has 0 spiro atoms. The first-order valence-corrected chi connectivity index (χ1v) is 10.6. The number of aromatic nitrogens is 2. The fourth-order valence-corrected chi connectivity index (χ4v) is 3.68. The van der Waals surface area contributed by atoms with Crippen LogP contribution in [-0.2, 0) is 12.7 Å². The molecular weight excluding hydrogens is 499 g/mol. The van der Waals surface area contributed by atoms with E-state index in [1.807, 2.05) is 24.3 Å². The summed E-state index contributed by atoms with van der Waals surface area (Å²) in [5, 5.41) is 17.0. The molecule has 2 N–H and O–H groups in total. The molecule has 168 valence electrons. The number of benzene rings is 3. The van der Waals surface area contributed by atoms with Gasteiger partial charge in [0.25, 0.3) is 0 Å². The Morgan fingerprint density at radius 2 is 1.73 bits per heavy atom. The van der Waals surface area contributed by atoms with E-state index in [2.05, 4.69) is 26.3 Å². The molecule has 4 rings (SSSR count). The molecule has 0 fully saturated rings. The van der Waals surface area contributed by atoms with E-state index in [0.29, 0.717) is 23.5 Å². The van der Waals surface area contributed by atoms with Gasteiger partial charge in [0.05, 0.1) is 22.5 Å². The monoisotopic (exact) mass is 515 g/mol. The van der Waals surface area contributed by atoms with Crippen molar-refractivity contribution in [1.82, 2.24) is 9.78 Å². The van der Waals surface area contributed by atoms with Crippen molar-refractivity contribution in [3.63, 3.8) is 0 Å². The van der Waals surface area contributed by atoms with E-state index in [4.69, 9.17) is 5.11 Å². The third-order valence-corrected chi connectivity index (χ3v) is 5.46. The molecule has 0 saturated carbocycles. The Morgan fingerprint density at radius 3 is 2.33 bits per heavy atom. The highest BCUT2D eigenvalue weighted by Crippen LogP contribution is 2.30. The number of nitrogens with one attached hydrogen (secondary N) is 1. The third-order valence-electron chi connectivity index (χ3n) is 4.96. The molecule has 0 aliphatic carbocycles. The number of alkyl halides is 3. The lowest BCUT2D eigenvalue weighted by Gasteiger charge is -2.07. The number of nitrogens with zero attached hydrogens (tertiary/aromatic N) is 2. The van der Waals surface area contributed by atoms with Crippen LogP contribution < -0.4 is 5.32 Å². The van der Waals surface area contributed by atoms with E-state index in [0.717, 1.165) is 27.9 Å². The summed E-state index contributed by atoms with van der Waals surface area (Å²) in [5.41, 5.74) is 2.83. The highest BCUT2D eigenvalue weighted by atomic mass is 79.9. The van der Waals surface area contributed by atoms with Crippen molar-refractivity contribution < 1.29 is 23.1 Å². The van der Waals surface area contributed by atoms with Gasteiger partial charge in [0.2, 0.25) is 0 Å². The Hall–Kier alpha value is -3.59. The zero-order valence-corrected chi connectivity index (χ0v) is 18.6. The lowest BCUT2D eigenvalue weighted by Crippen LogP contribution is -2.05. The summed E-state index contributed by atoms with van der Waals surface area (Å²) in [5.74, 6) is -1.03. The summed E-state index contributed by atoms with van der Waals surface area (Å²) in [7, 11) is 0. The summed E-state index contributed by atoms with van der Waals surface area (Å²) in [6.07, 6.45) is -2.67. The van der Waals surface area contributed by atoms with Gasteiger partial charge in [-0.15, -0.1) is 0 Å². The number of carbonyl (C=O) groups is 1. The van der Waals surface area contributed by atoms with Gasteiger partial charge in [0.1, 0.15) is 0 Å². The van der Waals surface area contributed by atoms with Gasteiger partial charge in [-0.2, -0.15) is 18.3 Å². The van der Waals surface area contributed by atoms with Crippen LogP contribution in [0.2, 0.25) is 0 Å². The van der Waals surface area contributed by atoms with E-state index >= 15 is 0 Å². The van der Waals surface area contributed by atoms with Crippen molar-refractivity contribution in [2.75, 3.05) is 5.32 Å². The highest BCUT2D eigenvalue weighted by molar-refractivity contribution is 9.10. The van der Waals surface area contributed by atoms with Gasteiger partial charge in [-0.1, -0.05) is 34.1 Å². The van der Waals surface area contributed by atoms with E-state index in [9.17, 15) is 18.0 Å². The van der Waals surface area contributed by atoms with Gasteiger partial charge in [0, 0.05) is 34.0 Å². The van der Waals surface area contributed by atoms with Gasteiger partial charge in [-0.3, -0.25) is 0 Å². The van der Waals surface area contributed by atoms with Crippen LogP contribution >= 0.6 is 15.9 Å². The van der Waals surface area contributed by atoms with Crippen LogP contribution in [0, 0.1) is 0 Å². The smallest absolute Gasteiger partial charge is 0.416 e. The minimum atomic E-state index is -4.42. The second kappa shape index (κ2) is 9.11. The quantitative estimate of drug-likeness (QED) is 0.302. The first kappa shape index (κ1) is 22.6. The van der Waals surface area contributed by atoms with Crippen molar-refractivity contribution in [3.8, 4) is 16.9 Å². The third kappa shape index (κ3) is 5.25. The Bertz CT molecular complexity index is 1280. The summed E-state index contributed by atoms with van der Waals surface area (Å²) < 4.78 is 41.2. The van der Waals surface area contributed by atoms with Gasteiger partial charge < -0.3 is 10.4 Å². The number of carboxylic acid groups (broad SMARTS) is 1. The van der Waals surface area contributed by atoms with Gasteiger partial charge in [-0.25, -0.2) is 9.48 Å². The molecule has 5 nitrogen and oxygen atoms in total. The van der Waals surface area contributed by atoms with Crippen molar-refractivity contribution in [3.05, 3.63) is 100 Å². The fraction of sp³-hybridized carbons (Fsp3) is 0.0833. The van der Waals surface area contributed by atoms with Crippen LogP contribution in [0.25, 0.3) is 16.9 Å². The molecule has 1 heterocycles. The zero-order valence-electron chi connectivity index (χ0n) is 17.0. The molecule has 3 aromatic carbocycles. The summed E-state index contributed by atoms with van der Waals surface area (Å²) in [4.78, 5) is 11.2. The fourth-order valence-electron chi connectivity index (χ4n) is 3.28. The topological polar surface area (TPSA) is 67.1 Å². The summed E-state index contributed by atoms with van der Waals surface area (Å²) in [6, 6.07) is 18.7. The molecule has 33 heavy (non-hydrogen) atoms. The van der Waals surface area contributed by atoms with Crippen LogP contribution in [-0.4, -0.2) is 20.9 Å². The van der Waals surface area contributed by atoms with E-state index < -0.39 is 17.7 Å². The Labute approximate surface area is 195 Å². The molecule has 1 aromatic heterocycles. The first-order chi connectivity index (χ1) is 15.7. The number of anilines is 1. The first-order valence-electron chi connectivity index (χ1n) is 9.80. The molecule has 0 aliphatic rings. The molecule has 0 radical (unpaired) electrons. The lowest BCUT2D eigenvalue weighted by molar-refractivity contribution is -0.137. The van der Waals surface area contributed by atoms with Gasteiger partial charge >= 0.3 is 12.1 Å². The van der Waals surface area contributed by atoms with Crippen LogP contribution in [0.3, 0.4) is 0 Å². The van der Waals surface area contributed by atoms with Crippen LogP contribution in [0.4, 0.5) is 18.9 Å². The zero-order chi connectivity index (χ0) is 23.6. The number of carboxylic acids is 1. The van der Waals surface area contributed by atoms with E-state index in [1.54, 1.807) is 18.3 Å². The van der Waals surface area contributed by atoms with Gasteiger partial charge in [0.15, 0.2) is 0 Å². The molecule has 0 aliphatic heterocycles. The van der Waals surface area contributed by atoms with Crippen molar-refractivity contribution in [2.24, 2.45) is 0 Å². The largest absolute Gasteiger partial charge is 0.478 e. The summed E-state index contributed by atoms with van der Waals surface area (Å²) in [6.45, 7) is 0.396. The minimum Gasteiger partial charge on any atom is -0.478 e. The number of hydrogen-bond donors (Lipinski definition) is 2. The molecule has 0 bridgehead atoms. The predicted octanol–water partition coefficient (Wildman–Crippen LogP) is 6.63. The molecule has 4 aromatic rings. The standard InChI is InChI=1S/C24H17BrF3N3O2/c25-19-2-1-3-20(12-19)29-13-17-14-31(21-10-8-18(9-11-21)24(26,27)28)30-22(17)15-4-6-16(7-5-15)23(32)33/h1-12,14,29H,13H2,(H,32,33). The molecule has 0 saturated heterocycles. The maximum atomic E-state index is 12.9. The summed E-state index contributed by atoms with van der Waals surface area (Å²) >= 11 is 3.43.